The molecule has 1 aliphatic carbocycles. The molecule has 5 rings (SSSR count). The van der Waals surface area contributed by atoms with Gasteiger partial charge in [0.25, 0.3) is 5.91 Å². The third kappa shape index (κ3) is 3.53. The van der Waals surface area contributed by atoms with Gasteiger partial charge in [0.15, 0.2) is 0 Å². The summed E-state index contributed by atoms with van der Waals surface area (Å²) in [6.07, 6.45) is -1.79. The Morgan fingerprint density at radius 2 is 2.06 bits per heavy atom. The Morgan fingerprint density at radius 1 is 1.25 bits per heavy atom. The van der Waals surface area contributed by atoms with Crippen LogP contribution in [0.15, 0.2) is 42.6 Å². The average molecular weight is 467 g/mol. The second kappa shape index (κ2) is 7.63. The van der Waals surface area contributed by atoms with Gasteiger partial charge in [0.05, 0.1) is 28.8 Å². The van der Waals surface area contributed by atoms with E-state index in [0.29, 0.717) is 25.3 Å². The number of amides is 1. The summed E-state index contributed by atoms with van der Waals surface area (Å²) < 4.78 is 50.4. The molecule has 3 fully saturated rings. The highest BCUT2D eigenvalue weighted by Gasteiger charge is 2.64. The molecule has 32 heavy (non-hydrogen) atoms. The van der Waals surface area contributed by atoms with Gasteiger partial charge in [0.2, 0.25) is 0 Å². The third-order valence-corrected chi connectivity index (χ3v) is 7.27. The Balaban J connectivity index is 1.24. The van der Waals surface area contributed by atoms with Crippen LogP contribution >= 0.6 is 11.6 Å². The molecule has 3 heterocycles. The Labute approximate surface area is 188 Å². The van der Waals surface area contributed by atoms with Crippen LogP contribution in [0.5, 0.6) is 5.75 Å². The van der Waals surface area contributed by atoms with Gasteiger partial charge in [0.1, 0.15) is 17.8 Å². The van der Waals surface area contributed by atoms with E-state index >= 15 is 0 Å². The summed E-state index contributed by atoms with van der Waals surface area (Å²) in [4.78, 5) is 19.3. The number of halogens is 4. The van der Waals surface area contributed by atoms with Crippen molar-refractivity contribution in [1.29, 1.82) is 0 Å². The van der Waals surface area contributed by atoms with E-state index in [4.69, 9.17) is 21.1 Å². The molecule has 0 N–H and O–H groups in total. The average Bonchev–Trinajstić information content (AvgIpc) is 3.55. The molecule has 0 bridgehead atoms. The lowest BCUT2D eigenvalue weighted by Gasteiger charge is -2.54. The quantitative estimate of drug-likeness (QED) is 0.644. The normalized spacial score (nSPS) is 26.1. The van der Waals surface area contributed by atoms with Crippen molar-refractivity contribution in [2.75, 3.05) is 26.3 Å². The van der Waals surface area contributed by atoms with Crippen LogP contribution in [-0.4, -0.2) is 54.4 Å². The fourth-order valence-electron chi connectivity index (χ4n) is 4.51. The van der Waals surface area contributed by atoms with Crippen molar-refractivity contribution in [3.8, 4) is 5.75 Å². The summed E-state index contributed by atoms with van der Waals surface area (Å²) in [5.41, 5.74) is -0.587. The highest BCUT2D eigenvalue weighted by molar-refractivity contribution is 6.32. The van der Waals surface area contributed by atoms with E-state index in [1.807, 2.05) is 18.2 Å². The maximum Gasteiger partial charge on any atom is 0.397 e. The molecule has 0 radical (unpaired) electrons. The van der Waals surface area contributed by atoms with Crippen LogP contribution in [0.2, 0.25) is 5.02 Å². The van der Waals surface area contributed by atoms with E-state index in [9.17, 15) is 18.0 Å². The number of aromatic nitrogens is 1. The molecule has 1 saturated carbocycles. The fraction of sp³-hybridized carbons (Fsp3) is 0.478. The van der Waals surface area contributed by atoms with Gasteiger partial charge in [-0.25, -0.2) is 0 Å². The smallest absolute Gasteiger partial charge is 0.397 e. The number of fused-ring (bicyclic) bond motifs is 1. The molecule has 2 aromatic rings. The predicted octanol–water partition coefficient (Wildman–Crippen LogP) is 4.64. The first-order valence-corrected chi connectivity index (χ1v) is 10.9. The summed E-state index contributed by atoms with van der Waals surface area (Å²) in [6.45, 7) is 1.12. The van der Waals surface area contributed by atoms with Gasteiger partial charge in [-0.15, -0.1) is 0 Å². The number of piperidine rings is 1. The Morgan fingerprint density at radius 3 is 2.62 bits per heavy atom. The number of benzene rings is 1. The number of alkyl halides is 3. The van der Waals surface area contributed by atoms with Gasteiger partial charge in [0, 0.05) is 24.8 Å². The van der Waals surface area contributed by atoms with Gasteiger partial charge in [-0.3, -0.25) is 9.78 Å². The summed E-state index contributed by atoms with van der Waals surface area (Å²) in [5.74, 6) is -0.0496. The second-order valence-electron chi connectivity index (χ2n) is 8.88. The van der Waals surface area contributed by atoms with Crippen molar-refractivity contribution in [2.24, 2.45) is 5.41 Å². The van der Waals surface area contributed by atoms with Gasteiger partial charge < -0.3 is 14.4 Å². The van der Waals surface area contributed by atoms with E-state index < -0.39 is 18.2 Å². The number of ether oxygens (including phenoxy) is 2. The van der Waals surface area contributed by atoms with Crippen LogP contribution in [-0.2, 0) is 10.2 Å². The van der Waals surface area contributed by atoms with Crippen LogP contribution in [0.3, 0.4) is 0 Å². The number of nitrogens with zero attached hydrogens (tertiary/aromatic N) is 2. The largest absolute Gasteiger partial charge is 0.491 e. The maximum absolute atomic E-state index is 13.1. The molecular formula is C23H22ClF3N2O3. The number of pyridine rings is 1. The topological polar surface area (TPSA) is 51.7 Å². The summed E-state index contributed by atoms with van der Waals surface area (Å²) in [5, 5.41) is 0.119. The molecule has 1 aromatic heterocycles. The zero-order chi connectivity index (χ0) is 22.6. The number of carbonyl (C=O) groups excluding carboxylic acids is 1. The first-order chi connectivity index (χ1) is 15.2. The first kappa shape index (κ1) is 21.5. The lowest BCUT2D eigenvalue weighted by molar-refractivity contribution is -0.194. The molecule has 5 nitrogen and oxygen atoms in total. The highest BCUT2D eigenvalue weighted by Crippen LogP contribution is 2.57. The Bertz CT molecular complexity index is 1030. The molecule has 170 valence electrons. The fourth-order valence-corrected chi connectivity index (χ4v) is 4.74. The number of likely N-dealkylation sites (tertiary alicyclic amines) is 1. The van der Waals surface area contributed by atoms with Crippen molar-refractivity contribution in [2.45, 2.75) is 37.0 Å². The molecule has 3 aliphatic rings. The minimum atomic E-state index is -4.29. The van der Waals surface area contributed by atoms with Gasteiger partial charge in [-0.1, -0.05) is 17.7 Å². The van der Waals surface area contributed by atoms with Crippen molar-refractivity contribution in [3.05, 3.63) is 58.9 Å². The molecule has 2 aliphatic heterocycles. The number of carbonyl (C=O) groups is 1. The summed E-state index contributed by atoms with van der Waals surface area (Å²) >= 11 is 6.23. The molecule has 2 unspecified atom stereocenters. The lowest BCUT2D eigenvalue weighted by Crippen LogP contribution is -2.65. The molecule has 2 saturated heterocycles. The van der Waals surface area contributed by atoms with E-state index in [1.54, 1.807) is 17.2 Å². The van der Waals surface area contributed by atoms with Crippen molar-refractivity contribution in [3.63, 3.8) is 0 Å². The maximum atomic E-state index is 13.1. The first-order valence-electron chi connectivity index (χ1n) is 10.6. The van der Waals surface area contributed by atoms with E-state index in [0.717, 1.165) is 12.1 Å². The standard InChI is InChI=1S/C23H22ClF3N2O3/c24-16-11-15(4-5-17(16)31-13-21(6-7-21)23(25,26)27)20(30)29-10-8-22(14-32-19(22)12-29)18-3-1-2-9-28-18/h1-5,9,11,19H,6-8,10,12-14H2. The zero-order valence-electron chi connectivity index (χ0n) is 17.2. The van der Waals surface area contributed by atoms with Crippen LogP contribution in [0, 0.1) is 5.41 Å². The van der Waals surface area contributed by atoms with E-state index in [-0.39, 0.29) is 41.0 Å². The minimum absolute atomic E-state index is 0.0584. The highest BCUT2D eigenvalue weighted by atomic mass is 35.5. The monoisotopic (exact) mass is 466 g/mol. The lowest BCUT2D eigenvalue weighted by atomic mass is 9.70. The minimum Gasteiger partial charge on any atom is -0.491 e. The predicted molar refractivity (Wildman–Crippen MR) is 111 cm³/mol. The molecule has 2 atom stereocenters. The van der Waals surface area contributed by atoms with E-state index in [1.165, 1.54) is 12.1 Å². The van der Waals surface area contributed by atoms with Crippen LogP contribution in [0.25, 0.3) is 0 Å². The van der Waals surface area contributed by atoms with Gasteiger partial charge in [-0.2, -0.15) is 13.2 Å². The van der Waals surface area contributed by atoms with Crippen molar-refractivity contribution < 1.29 is 27.4 Å². The van der Waals surface area contributed by atoms with Crippen LogP contribution in [0.1, 0.15) is 35.3 Å². The van der Waals surface area contributed by atoms with Crippen LogP contribution in [0.4, 0.5) is 13.2 Å². The molecule has 0 spiro atoms. The number of rotatable bonds is 5. The van der Waals surface area contributed by atoms with Crippen molar-refractivity contribution in [1.82, 2.24) is 9.88 Å². The van der Waals surface area contributed by atoms with Gasteiger partial charge >= 0.3 is 6.18 Å². The Kier molecular flexibility index (Phi) is 5.13. The SMILES string of the molecule is O=C(c1ccc(OCC2(C(F)(F)F)CC2)c(Cl)c1)N1CCC2(c3ccccn3)COC2C1. The molecular weight excluding hydrogens is 445 g/mol. The Hall–Kier alpha value is -2.32. The number of hydrogen-bond donors (Lipinski definition) is 0. The molecule has 1 amide bonds. The summed E-state index contributed by atoms with van der Waals surface area (Å²) in [7, 11) is 0. The van der Waals surface area contributed by atoms with Crippen LogP contribution < -0.4 is 4.74 Å². The second-order valence-corrected chi connectivity index (χ2v) is 9.29. The molecule has 9 heteroatoms. The van der Waals surface area contributed by atoms with Crippen molar-refractivity contribution >= 4 is 17.5 Å². The molecule has 1 aromatic carbocycles. The summed E-state index contributed by atoms with van der Waals surface area (Å²) in [6, 6.07) is 10.3. The number of hydrogen-bond acceptors (Lipinski definition) is 4. The zero-order valence-corrected chi connectivity index (χ0v) is 18.0. The third-order valence-electron chi connectivity index (χ3n) is 6.97. The van der Waals surface area contributed by atoms with Gasteiger partial charge in [-0.05, 0) is 49.6 Å². The van der Waals surface area contributed by atoms with E-state index in [2.05, 4.69) is 4.98 Å².